The summed E-state index contributed by atoms with van der Waals surface area (Å²) in [5, 5.41) is 9.07. The Labute approximate surface area is 180 Å². The summed E-state index contributed by atoms with van der Waals surface area (Å²) in [6.45, 7) is 0.579. The standard InChI is InChI=1S/C22H20FN5O2S/c23-19-11-16(5-6-18(19)20-13-27-22(25)14-26-20)17-3-1-2-4-21(17)31(29,30)28-9-7-15(12-24)8-10-28/h1-6,11,13-15H,7-10H2,(H2,25,27). The van der Waals surface area contributed by atoms with Gasteiger partial charge in [-0.2, -0.15) is 9.57 Å². The molecule has 9 heteroatoms. The third-order valence-electron chi connectivity index (χ3n) is 5.37. The third-order valence-corrected chi connectivity index (χ3v) is 7.33. The second-order valence-electron chi connectivity index (χ2n) is 7.32. The molecule has 3 aromatic rings. The summed E-state index contributed by atoms with van der Waals surface area (Å²) in [5.41, 5.74) is 6.97. The van der Waals surface area contributed by atoms with Gasteiger partial charge in [0.1, 0.15) is 11.6 Å². The number of anilines is 1. The number of hydrogen-bond acceptors (Lipinski definition) is 6. The lowest BCUT2D eigenvalue weighted by atomic mass is 10.0. The van der Waals surface area contributed by atoms with Crippen LogP contribution in [0, 0.1) is 23.1 Å². The third kappa shape index (κ3) is 4.13. The second-order valence-corrected chi connectivity index (χ2v) is 9.23. The van der Waals surface area contributed by atoms with Crippen molar-refractivity contribution < 1.29 is 12.8 Å². The topological polar surface area (TPSA) is 113 Å². The van der Waals surface area contributed by atoms with E-state index in [-0.39, 0.29) is 35.3 Å². The number of halogens is 1. The number of sulfonamides is 1. The zero-order valence-electron chi connectivity index (χ0n) is 16.6. The van der Waals surface area contributed by atoms with Crippen LogP contribution >= 0.6 is 0 Å². The van der Waals surface area contributed by atoms with Crippen LogP contribution in [0.4, 0.5) is 10.2 Å². The molecule has 2 N–H and O–H groups in total. The Bertz CT molecular complexity index is 1250. The van der Waals surface area contributed by atoms with Gasteiger partial charge in [0.2, 0.25) is 10.0 Å². The van der Waals surface area contributed by atoms with E-state index in [0.29, 0.717) is 29.7 Å². The number of aromatic nitrogens is 2. The van der Waals surface area contributed by atoms with E-state index in [9.17, 15) is 12.8 Å². The van der Waals surface area contributed by atoms with Gasteiger partial charge < -0.3 is 5.73 Å². The van der Waals surface area contributed by atoms with E-state index >= 15 is 0 Å². The van der Waals surface area contributed by atoms with Crippen LogP contribution in [0.2, 0.25) is 0 Å². The molecule has 1 saturated heterocycles. The second kappa shape index (κ2) is 8.41. The number of nitrogens with two attached hydrogens (primary N) is 1. The van der Waals surface area contributed by atoms with Gasteiger partial charge in [-0.3, -0.25) is 4.98 Å². The van der Waals surface area contributed by atoms with Gasteiger partial charge >= 0.3 is 0 Å². The first-order valence-corrected chi connectivity index (χ1v) is 11.2. The molecule has 1 aliphatic rings. The predicted octanol–water partition coefficient (Wildman–Crippen LogP) is 3.46. The maximum Gasteiger partial charge on any atom is 0.243 e. The highest BCUT2D eigenvalue weighted by Crippen LogP contribution is 2.33. The molecular weight excluding hydrogens is 417 g/mol. The first-order chi connectivity index (χ1) is 14.9. The summed E-state index contributed by atoms with van der Waals surface area (Å²) < 4.78 is 42.9. The Morgan fingerprint density at radius 1 is 1.06 bits per heavy atom. The molecule has 0 amide bonds. The monoisotopic (exact) mass is 437 g/mol. The normalized spacial score (nSPS) is 15.5. The van der Waals surface area contributed by atoms with Gasteiger partial charge in [-0.05, 0) is 36.6 Å². The molecule has 0 bridgehead atoms. The van der Waals surface area contributed by atoms with Crippen molar-refractivity contribution in [2.24, 2.45) is 5.92 Å². The molecule has 0 saturated carbocycles. The fourth-order valence-electron chi connectivity index (χ4n) is 3.66. The summed E-state index contributed by atoms with van der Waals surface area (Å²) in [5.74, 6) is -0.433. The molecule has 31 heavy (non-hydrogen) atoms. The molecule has 1 aromatic heterocycles. The molecule has 7 nitrogen and oxygen atoms in total. The quantitative estimate of drug-likeness (QED) is 0.669. The Morgan fingerprint density at radius 3 is 2.45 bits per heavy atom. The maximum absolute atomic E-state index is 14.9. The van der Waals surface area contributed by atoms with Crippen molar-refractivity contribution in [1.29, 1.82) is 5.26 Å². The van der Waals surface area contributed by atoms with E-state index in [1.165, 1.54) is 28.8 Å². The molecule has 2 heterocycles. The molecule has 0 aliphatic carbocycles. The average Bonchev–Trinajstić information content (AvgIpc) is 2.80. The Kier molecular flexibility index (Phi) is 5.67. The summed E-state index contributed by atoms with van der Waals surface area (Å²) in [4.78, 5) is 8.14. The Morgan fingerprint density at radius 2 is 1.81 bits per heavy atom. The molecule has 0 radical (unpaired) electrons. The number of rotatable bonds is 4. The van der Waals surface area contributed by atoms with Gasteiger partial charge in [-0.25, -0.2) is 17.8 Å². The van der Waals surface area contributed by atoms with Crippen LogP contribution in [0.5, 0.6) is 0 Å². The molecule has 0 atom stereocenters. The summed E-state index contributed by atoms with van der Waals surface area (Å²) >= 11 is 0. The van der Waals surface area contributed by atoms with E-state index < -0.39 is 15.8 Å². The van der Waals surface area contributed by atoms with Crippen molar-refractivity contribution in [1.82, 2.24) is 14.3 Å². The lowest BCUT2D eigenvalue weighted by Gasteiger charge is -2.29. The molecule has 1 fully saturated rings. The Balaban J connectivity index is 1.70. The lowest BCUT2D eigenvalue weighted by molar-refractivity contribution is 0.310. The number of nitrogen functional groups attached to an aromatic ring is 1. The van der Waals surface area contributed by atoms with Crippen molar-refractivity contribution in [2.75, 3.05) is 18.8 Å². The fourth-order valence-corrected chi connectivity index (χ4v) is 5.35. The lowest BCUT2D eigenvalue weighted by Crippen LogP contribution is -2.38. The fraction of sp³-hybridized carbons (Fsp3) is 0.227. The maximum atomic E-state index is 14.9. The van der Waals surface area contributed by atoms with Crippen LogP contribution < -0.4 is 5.73 Å². The van der Waals surface area contributed by atoms with E-state index in [0.717, 1.165) is 0 Å². The predicted molar refractivity (Wildman–Crippen MR) is 114 cm³/mol. The largest absolute Gasteiger partial charge is 0.382 e. The highest BCUT2D eigenvalue weighted by Gasteiger charge is 2.31. The minimum Gasteiger partial charge on any atom is -0.382 e. The number of nitriles is 1. The zero-order chi connectivity index (χ0) is 22.0. The van der Waals surface area contributed by atoms with Crippen LogP contribution in [0.1, 0.15) is 12.8 Å². The van der Waals surface area contributed by atoms with Crippen molar-refractivity contribution in [3.8, 4) is 28.5 Å². The number of hydrogen-bond donors (Lipinski definition) is 1. The molecule has 1 aliphatic heterocycles. The van der Waals surface area contributed by atoms with Crippen LogP contribution in [-0.2, 0) is 10.0 Å². The van der Waals surface area contributed by atoms with Crippen molar-refractivity contribution in [3.05, 3.63) is 60.7 Å². The molecule has 158 valence electrons. The van der Waals surface area contributed by atoms with Crippen LogP contribution in [0.3, 0.4) is 0 Å². The molecule has 0 spiro atoms. The van der Waals surface area contributed by atoms with E-state index in [1.54, 1.807) is 30.3 Å². The minimum absolute atomic E-state index is 0.116. The van der Waals surface area contributed by atoms with Crippen molar-refractivity contribution in [2.45, 2.75) is 17.7 Å². The van der Waals surface area contributed by atoms with Crippen LogP contribution in [0.15, 0.2) is 59.8 Å². The van der Waals surface area contributed by atoms with Gasteiger partial charge in [0.15, 0.2) is 0 Å². The van der Waals surface area contributed by atoms with E-state index in [4.69, 9.17) is 11.0 Å². The van der Waals surface area contributed by atoms with E-state index in [2.05, 4.69) is 16.0 Å². The van der Waals surface area contributed by atoms with Gasteiger partial charge in [0, 0.05) is 30.1 Å². The summed E-state index contributed by atoms with van der Waals surface area (Å²) in [6.07, 6.45) is 3.74. The molecular formula is C22H20FN5O2S. The van der Waals surface area contributed by atoms with Gasteiger partial charge in [0.05, 0.1) is 29.1 Å². The van der Waals surface area contributed by atoms with Gasteiger partial charge in [-0.1, -0.05) is 24.3 Å². The molecule has 0 unspecified atom stereocenters. The number of piperidine rings is 1. The average molecular weight is 438 g/mol. The first kappa shape index (κ1) is 20.9. The first-order valence-electron chi connectivity index (χ1n) is 9.77. The highest BCUT2D eigenvalue weighted by atomic mass is 32.2. The number of nitrogens with zero attached hydrogens (tertiary/aromatic N) is 4. The minimum atomic E-state index is -3.79. The molecule has 2 aromatic carbocycles. The summed E-state index contributed by atoms with van der Waals surface area (Å²) in [7, 11) is -3.79. The number of benzene rings is 2. The highest BCUT2D eigenvalue weighted by molar-refractivity contribution is 7.89. The smallest absolute Gasteiger partial charge is 0.243 e. The van der Waals surface area contributed by atoms with E-state index in [1.807, 2.05) is 0 Å². The Hall–Kier alpha value is -3.35. The summed E-state index contributed by atoms with van der Waals surface area (Å²) in [6, 6.07) is 13.3. The van der Waals surface area contributed by atoms with Crippen molar-refractivity contribution >= 4 is 15.8 Å². The van der Waals surface area contributed by atoms with Crippen molar-refractivity contribution in [3.63, 3.8) is 0 Å². The van der Waals surface area contributed by atoms with Crippen LogP contribution in [0.25, 0.3) is 22.4 Å². The van der Waals surface area contributed by atoms with Gasteiger partial charge in [-0.15, -0.1) is 0 Å². The van der Waals surface area contributed by atoms with Crippen LogP contribution in [-0.4, -0.2) is 35.8 Å². The van der Waals surface area contributed by atoms with Gasteiger partial charge in [0.25, 0.3) is 0 Å². The zero-order valence-corrected chi connectivity index (χ0v) is 17.4. The SMILES string of the molecule is N#CC1CCN(S(=O)(=O)c2ccccc2-c2ccc(-c3cnc(N)cn3)c(F)c2)CC1. The molecule has 4 rings (SSSR count).